The normalized spacial score (nSPS) is 12.6. The molecule has 0 fully saturated rings. The third-order valence-corrected chi connectivity index (χ3v) is 3.89. The van der Waals surface area contributed by atoms with Gasteiger partial charge in [0.15, 0.2) is 5.22 Å². The van der Waals surface area contributed by atoms with Gasteiger partial charge < -0.3 is 9.73 Å². The fraction of sp³-hybridized carbons (Fsp3) is 0.333. The van der Waals surface area contributed by atoms with Crippen molar-refractivity contribution in [2.24, 2.45) is 0 Å². The van der Waals surface area contributed by atoms with Gasteiger partial charge in [0.25, 0.3) is 0 Å². The van der Waals surface area contributed by atoms with E-state index in [2.05, 4.69) is 28.2 Å². The largest absolute Gasteiger partial charge is 0.453 e. The molecule has 2 nitrogen and oxygen atoms in total. The van der Waals surface area contributed by atoms with Crippen LogP contribution in [0.4, 0.5) is 4.39 Å². The monoisotopic (exact) mass is 359 g/mol. The molecule has 0 saturated heterocycles. The number of nitrogens with one attached hydrogen (secondary N) is 1. The lowest BCUT2D eigenvalue weighted by Crippen LogP contribution is -2.24. The van der Waals surface area contributed by atoms with Crippen molar-refractivity contribution in [3.05, 3.63) is 57.2 Å². The predicted molar refractivity (Wildman–Crippen MR) is 82.6 cm³/mol. The molecule has 0 amide bonds. The van der Waals surface area contributed by atoms with Crippen LogP contribution in [0.15, 0.2) is 39.4 Å². The number of halogens is 3. The summed E-state index contributed by atoms with van der Waals surface area (Å²) in [5, 5.41) is 3.74. The molecule has 0 spiro atoms. The second kappa shape index (κ2) is 7.25. The molecule has 1 heterocycles. The Labute approximate surface area is 131 Å². The Morgan fingerprint density at radius 2 is 2.20 bits per heavy atom. The van der Waals surface area contributed by atoms with Gasteiger partial charge in [-0.25, -0.2) is 4.39 Å². The van der Waals surface area contributed by atoms with Gasteiger partial charge in [-0.1, -0.05) is 22.9 Å². The average Bonchev–Trinajstić information content (AvgIpc) is 2.84. The van der Waals surface area contributed by atoms with Crippen LogP contribution >= 0.6 is 27.5 Å². The van der Waals surface area contributed by atoms with Crippen molar-refractivity contribution in [3.8, 4) is 0 Å². The van der Waals surface area contributed by atoms with Crippen molar-refractivity contribution in [1.29, 1.82) is 0 Å². The summed E-state index contributed by atoms with van der Waals surface area (Å²) in [5.41, 5.74) is 1.50. The van der Waals surface area contributed by atoms with Gasteiger partial charge in [0, 0.05) is 16.1 Å². The molecule has 0 aliphatic heterocycles. The molecule has 1 aromatic carbocycles. The summed E-state index contributed by atoms with van der Waals surface area (Å²) in [7, 11) is 0. The molecule has 20 heavy (non-hydrogen) atoms. The van der Waals surface area contributed by atoms with E-state index in [0.717, 1.165) is 23.0 Å². The third-order valence-electron chi connectivity index (χ3n) is 3.09. The number of hydrogen-bond acceptors (Lipinski definition) is 2. The quantitative estimate of drug-likeness (QED) is 0.773. The number of rotatable bonds is 6. The molecular formula is C15H16BrClFNO. The first kappa shape index (κ1) is 15.5. The first-order chi connectivity index (χ1) is 9.61. The van der Waals surface area contributed by atoms with Crippen molar-refractivity contribution in [2.45, 2.75) is 25.8 Å². The Balaban J connectivity index is 2.23. The van der Waals surface area contributed by atoms with Crippen molar-refractivity contribution in [1.82, 2.24) is 5.32 Å². The highest BCUT2D eigenvalue weighted by atomic mass is 79.9. The maximum Gasteiger partial charge on any atom is 0.197 e. The third kappa shape index (κ3) is 3.84. The van der Waals surface area contributed by atoms with Gasteiger partial charge in [0.1, 0.15) is 5.82 Å². The lowest BCUT2D eigenvalue weighted by Gasteiger charge is -2.18. The van der Waals surface area contributed by atoms with Crippen molar-refractivity contribution in [3.63, 3.8) is 0 Å². The van der Waals surface area contributed by atoms with E-state index in [1.54, 1.807) is 18.4 Å². The van der Waals surface area contributed by atoms with Crippen molar-refractivity contribution in [2.75, 3.05) is 6.54 Å². The summed E-state index contributed by atoms with van der Waals surface area (Å²) in [4.78, 5) is 0. The number of furan rings is 1. The minimum atomic E-state index is -0.212. The van der Waals surface area contributed by atoms with Gasteiger partial charge >= 0.3 is 0 Å². The Bertz CT molecular complexity index is 573. The van der Waals surface area contributed by atoms with Crippen LogP contribution in [0.1, 0.15) is 30.5 Å². The molecule has 0 aliphatic carbocycles. The fourth-order valence-corrected chi connectivity index (χ4v) is 2.74. The molecule has 5 heteroatoms. The van der Waals surface area contributed by atoms with E-state index < -0.39 is 0 Å². The minimum Gasteiger partial charge on any atom is -0.453 e. The van der Waals surface area contributed by atoms with Crippen LogP contribution in [0, 0.1) is 5.82 Å². The Morgan fingerprint density at radius 1 is 1.40 bits per heavy atom. The van der Waals surface area contributed by atoms with E-state index in [4.69, 9.17) is 16.0 Å². The zero-order valence-electron chi connectivity index (χ0n) is 11.1. The molecule has 1 unspecified atom stereocenters. The molecule has 1 aromatic heterocycles. The van der Waals surface area contributed by atoms with Gasteiger partial charge in [0.2, 0.25) is 0 Å². The number of benzene rings is 1. The van der Waals surface area contributed by atoms with Crippen LogP contribution in [0.3, 0.4) is 0 Å². The maximum atomic E-state index is 13.9. The molecule has 108 valence electrons. The zero-order chi connectivity index (χ0) is 14.5. The van der Waals surface area contributed by atoms with Crippen LogP contribution in [-0.4, -0.2) is 6.54 Å². The second-order valence-corrected chi connectivity index (χ2v) is 5.86. The van der Waals surface area contributed by atoms with Gasteiger partial charge in [0.05, 0.1) is 6.26 Å². The molecule has 0 saturated carbocycles. The molecular weight excluding hydrogens is 345 g/mol. The molecule has 1 N–H and O–H groups in total. The summed E-state index contributed by atoms with van der Waals surface area (Å²) in [6.07, 6.45) is 3.06. The van der Waals surface area contributed by atoms with Crippen LogP contribution in [0.5, 0.6) is 0 Å². The summed E-state index contributed by atoms with van der Waals surface area (Å²) in [6, 6.07) is 6.71. The van der Waals surface area contributed by atoms with Gasteiger partial charge in [-0.05, 0) is 60.8 Å². The van der Waals surface area contributed by atoms with E-state index in [1.807, 2.05) is 6.07 Å². The Morgan fingerprint density at radius 3 is 2.85 bits per heavy atom. The highest BCUT2D eigenvalue weighted by Gasteiger charge is 2.18. The second-order valence-electron chi connectivity index (χ2n) is 4.60. The topological polar surface area (TPSA) is 25.2 Å². The Kier molecular flexibility index (Phi) is 5.64. The van der Waals surface area contributed by atoms with Crippen LogP contribution < -0.4 is 5.32 Å². The molecule has 2 rings (SSSR count). The Hall–Kier alpha value is -0.840. The van der Waals surface area contributed by atoms with Crippen molar-refractivity contribution < 1.29 is 8.81 Å². The van der Waals surface area contributed by atoms with Crippen LogP contribution in [-0.2, 0) is 6.42 Å². The summed E-state index contributed by atoms with van der Waals surface area (Å²) in [5.74, 6) is -0.212. The van der Waals surface area contributed by atoms with Crippen LogP contribution in [0.2, 0.25) is 5.22 Å². The average molecular weight is 361 g/mol. The molecule has 0 aliphatic rings. The summed E-state index contributed by atoms with van der Waals surface area (Å²) >= 11 is 9.41. The highest BCUT2D eigenvalue weighted by Crippen LogP contribution is 2.28. The van der Waals surface area contributed by atoms with E-state index in [9.17, 15) is 4.39 Å². The van der Waals surface area contributed by atoms with E-state index in [1.165, 1.54) is 6.07 Å². The maximum absolute atomic E-state index is 13.9. The van der Waals surface area contributed by atoms with E-state index in [0.29, 0.717) is 17.2 Å². The zero-order valence-corrected chi connectivity index (χ0v) is 13.5. The molecule has 0 radical (unpaired) electrons. The molecule has 1 atom stereocenters. The molecule has 2 aromatic rings. The van der Waals surface area contributed by atoms with E-state index >= 15 is 0 Å². The lowest BCUT2D eigenvalue weighted by atomic mass is 10.0. The van der Waals surface area contributed by atoms with Gasteiger partial charge in [-0.3, -0.25) is 0 Å². The highest BCUT2D eigenvalue weighted by molar-refractivity contribution is 9.10. The minimum absolute atomic E-state index is 0.0648. The van der Waals surface area contributed by atoms with Gasteiger partial charge in [-0.2, -0.15) is 0 Å². The number of hydrogen-bond donors (Lipinski definition) is 1. The fourth-order valence-electron chi connectivity index (χ4n) is 2.08. The summed E-state index contributed by atoms with van der Waals surface area (Å²) < 4.78 is 19.9. The van der Waals surface area contributed by atoms with Crippen molar-refractivity contribution >= 4 is 27.5 Å². The SMILES string of the molecule is CCCNC(Cc1cc(Br)ccc1F)c1ccoc1Cl. The first-order valence-corrected chi connectivity index (χ1v) is 7.69. The molecule has 0 bridgehead atoms. The predicted octanol–water partition coefficient (Wildman–Crippen LogP) is 5.12. The standard InChI is InChI=1S/C15H16BrClFNO/c1-2-6-19-14(12-5-7-20-15(12)17)9-10-8-11(16)3-4-13(10)18/h3-5,7-8,14,19H,2,6,9H2,1H3. The lowest BCUT2D eigenvalue weighted by molar-refractivity contribution is 0.501. The van der Waals surface area contributed by atoms with Crippen LogP contribution in [0.25, 0.3) is 0 Å². The van der Waals surface area contributed by atoms with E-state index in [-0.39, 0.29) is 11.9 Å². The first-order valence-electron chi connectivity index (χ1n) is 6.52. The van der Waals surface area contributed by atoms with Gasteiger partial charge in [-0.15, -0.1) is 0 Å². The smallest absolute Gasteiger partial charge is 0.197 e. The summed E-state index contributed by atoms with van der Waals surface area (Å²) in [6.45, 7) is 2.92.